The Morgan fingerprint density at radius 3 is 2.59 bits per heavy atom. The number of hydrogen-bond acceptors (Lipinski definition) is 4. The Bertz CT molecular complexity index is 1090. The van der Waals surface area contributed by atoms with Gasteiger partial charge < -0.3 is 15.5 Å². The molecule has 1 fully saturated rings. The monoisotopic (exact) mass is 448 g/mol. The van der Waals surface area contributed by atoms with Crippen molar-refractivity contribution >= 4 is 29.0 Å². The van der Waals surface area contributed by atoms with Crippen molar-refractivity contribution in [3.63, 3.8) is 0 Å². The maximum Gasteiger partial charge on any atom is 0.317 e. The van der Waals surface area contributed by atoms with Crippen LogP contribution in [0.25, 0.3) is 11.1 Å². The van der Waals surface area contributed by atoms with E-state index in [4.69, 9.17) is 0 Å². The highest BCUT2D eigenvalue weighted by Crippen LogP contribution is 2.32. The number of amides is 3. The lowest BCUT2D eigenvalue weighted by Gasteiger charge is -2.31. The van der Waals surface area contributed by atoms with Crippen LogP contribution in [0.2, 0.25) is 0 Å². The minimum atomic E-state index is -0.201. The molecule has 4 rings (SSSR count). The SMILES string of the molecule is CCNC(=O)N1CCC(c2nc(C(=O)Nc3ccc(C)cc3-c3ccccc3)cs2)CC1. The number of urea groups is 1. The van der Waals surface area contributed by atoms with E-state index in [2.05, 4.69) is 21.7 Å². The maximum absolute atomic E-state index is 13.0. The van der Waals surface area contributed by atoms with Gasteiger partial charge in [0.1, 0.15) is 5.69 Å². The Hall–Kier alpha value is -3.19. The number of nitrogens with one attached hydrogen (secondary N) is 2. The molecule has 0 bridgehead atoms. The van der Waals surface area contributed by atoms with Gasteiger partial charge in [-0.25, -0.2) is 9.78 Å². The number of nitrogens with zero attached hydrogens (tertiary/aromatic N) is 2. The molecule has 0 aliphatic carbocycles. The average molecular weight is 449 g/mol. The molecule has 2 aromatic carbocycles. The molecule has 6 nitrogen and oxygen atoms in total. The molecule has 7 heteroatoms. The standard InChI is InChI=1S/C25H28N4O2S/c1-3-26-25(31)29-13-11-19(12-14-29)24-28-22(16-32-24)23(30)27-21-10-9-17(2)15-20(21)18-7-5-4-6-8-18/h4-10,15-16,19H,3,11-14H2,1-2H3,(H,26,31)(H,27,30). The summed E-state index contributed by atoms with van der Waals surface area (Å²) >= 11 is 1.53. The van der Waals surface area contributed by atoms with Gasteiger partial charge in [0.15, 0.2) is 0 Å². The highest BCUT2D eigenvalue weighted by atomic mass is 32.1. The van der Waals surface area contributed by atoms with Crippen LogP contribution in [-0.4, -0.2) is 41.5 Å². The summed E-state index contributed by atoms with van der Waals surface area (Å²) in [5, 5.41) is 8.70. The second-order valence-electron chi connectivity index (χ2n) is 8.04. The lowest BCUT2D eigenvalue weighted by atomic mass is 9.98. The molecule has 0 atom stereocenters. The summed E-state index contributed by atoms with van der Waals surface area (Å²) in [6, 6.07) is 16.1. The third kappa shape index (κ3) is 4.99. The van der Waals surface area contributed by atoms with Crippen LogP contribution in [0.4, 0.5) is 10.5 Å². The van der Waals surface area contributed by atoms with E-state index >= 15 is 0 Å². The Morgan fingerprint density at radius 2 is 1.88 bits per heavy atom. The molecule has 166 valence electrons. The summed E-state index contributed by atoms with van der Waals surface area (Å²) in [5.74, 6) is 0.0831. The molecule has 1 aliphatic heterocycles. The number of aromatic nitrogens is 1. The van der Waals surface area contributed by atoms with E-state index < -0.39 is 0 Å². The van der Waals surface area contributed by atoms with Crippen LogP contribution in [0.15, 0.2) is 53.9 Å². The van der Waals surface area contributed by atoms with Crippen LogP contribution in [0, 0.1) is 6.92 Å². The van der Waals surface area contributed by atoms with E-state index in [0.717, 1.165) is 40.2 Å². The second kappa shape index (κ2) is 9.96. The van der Waals surface area contributed by atoms with Gasteiger partial charge in [-0.3, -0.25) is 4.79 Å². The predicted octanol–water partition coefficient (Wildman–Crippen LogP) is 5.28. The van der Waals surface area contributed by atoms with Gasteiger partial charge in [0.05, 0.1) is 5.01 Å². The van der Waals surface area contributed by atoms with Gasteiger partial charge in [-0.2, -0.15) is 0 Å². The summed E-state index contributed by atoms with van der Waals surface area (Å²) in [5.41, 5.74) is 4.40. The molecule has 3 aromatic rings. The Labute approximate surface area is 192 Å². The minimum Gasteiger partial charge on any atom is -0.338 e. The molecule has 1 aromatic heterocycles. The Morgan fingerprint density at radius 1 is 1.12 bits per heavy atom. The van der Waals surface area contributed by atoms with E-state index in [0.29, 0.717) is 25.3 Å². The van der Waals surface area contributed by atoms with Gasteiger partial charge >= 0.3 is 6.03 Å². The molecule has 0 radical (unpaired) electrons. The van der Waals surface area contributed by atoms with Crippen molar-refractivity contribution in [2.45, 2.75) is 32.6 Å². The fraction of sp³-hybridized carbons (Fsp3) is 0.320. The summed E-state index contributed by atoms with van der Waals surface area (Å²) in [4.78, 5) is 31.5. The number of benzene rings is 2. The van der Waals surface area contributed by atoms with E-state index in [1.165, 1.54) is 11.3 Å². The Balaban J connectivity index is 1.44. The molecule has 32 heavy (non-hydrogen) atoms. The largest absolute Gasteiger partial charge is 0.338 e. The van der Waals surface area contributed by atoms with E-state index in [1.54, 1.807) is 0 Å². The van der Waals surface area contributed by atoms with Crippen LogP contribution in [-0.2, 0) is 0 Å². The fourth-order valence-electron chi connectivity index (χ4n) is 3.98. The summed E-state index contributed by atoms with van der Waals surface area (Å²) in [6.45, 7) is 6.02. The topological polar surface area (TPSA) is 74.3 Å². The highest BCUT2D eigenvalue weighted by molar-refractivity contribution is 7.10. The molecular formula is C25H28N4O2S. The van der Waals surface area contributed by atoms with Gasteiger partial charge in [-0.15, -0.1) is 11.3 Å². The molecule has 1 saturated heterocycles. The van der Waals surface area contributed by atoms with E-state index in [-0.39, 0.29) is 17.9 Å². The number of hydrogen-bond donors (Lipinski definition) is 2. The number of likely N-dealkylation sites (tertiary alicyclic amines) is 1. The third-order valence-corrected chi connectivity index (χ3v) is 6.73. The lowest BCUT2D eigenvalue weighted by molar-refractivity contribution is 0.102. The molecule has 2 heterocycles. The first-order valence-electron chi connectivity index (χ1n) is 11.0. The lowest BCUT2D eigenvalue weighted by Crippen LogP contribution is -2.44. The van der Waals surface area contributed by atoms with Crippen molar-refractivity contribution in [2.75, 3.05) is 25.0 Å². The second-order valence-corrected chi connectivity index (χ2v) is 8.93. The quantitative estimate of drug-likeness (QED) is 0.558. The van der Waals surface area contributed by atoms with Crippen molar-refractivity contribution in [1.29, 1.82) is 0 Å². The predicted molar refractivity (Wildman–Crippen MR) is 129 cm³/mol. The number of carbonyl (C=O) groups is 2. The molecule has 2 N–H and O–H groups in total. The zero-order valence-corrected chi connectivity index (χ0v) is 19.2. The first kappa shape index (κ1) is 22.0. The first-order valence-corrected chi connectivity index (χ1v) is 11.9. The molecule has 3 amide bonds. The van der Waals surface area contributed by atoms with Gasteiger partial charge in [0.25, 0.3) is 5.91 Å². The van der Waals surface area contributed by atoms with E-state index in [9.17, 15) is 9.59 Å². The van der Waals surface area contributed by atoms with Crippen molar-refractivity contribution in [3.8, 4) is 11.1 Å². The van der Waals surface area contributed by atoms with Gasteiger partial charge in [0.2, 0.25) is 0 Å². The van der Waals surface area contributed by atoms with Crippen LogP contribution in [0.1, 0.15) is 46.7 Å². The Kier molecular flexibility index (Phi) is 6.85. The first-order chi connectivity index (χ1) is 15.5. The van der Waals surface area contributed by atoms with Crippen LogP contribution < -0.4 is 10.6 Å². The number of anilines is 1. The number of aryl methyl sites for hydroxylation is 1. The van der Waals surface area contributed by atoms with Crippen LogP contribution in [0.5, 0.6) is 0 Å². The third-order valence-electron chi connectivity index (χ3n) is 5.72. The van der Waals surface area contributed by atoms with Crippen molar-refractivity contribution in [3.05, 3.63) is 70.2 Å². The number of thiazole rings is 1. The number of rotatable bonds is 5. The van der Waals surface area contributed by atoms with Crippen LogP contribution >= 0.6 is 11.3 Å². The summed E-state index contributed by atoms with van der Waals surface area (Å²) in [7, 11) is 0. The molecule has 0 spiro atoms. The van der Waals surface area contributed by atoms with Gasteiger partial charge in [0, 0.05) is 42.2 Å². The minimum absolute atomic E-state index is 0.00234. The van der Waals surface area contributed by atoms with Gasteiger partial charge in [-0.05, 0) is 44.4 Å². The van der Waals surface area contributed by atoms with Crippen LogP contribution in [0.3, 0.4) is 0 Å². The van der Waals surface area contributed by atoms with Crippen molar-refractivity contribution in [2.24, 2.45) is 0 Å². The fourth-order valence-corrected chi connectivity index (χ4v) is 4.95. The zero-order valence-electron chi connectivity index (χ0n) is 18.4. The normalized spacial score (nSPS) is 14.2. The molecule has 0 unspecified atom stereocenters. The maximum atomic E-state index is 13.0. The van der Waals surface area contributed by atoms with Crippen molar-refractivity contribution in [1.82, 2.24) is 15.2 Å². The van der Waals surface area contributed by atoms with E-state index in [1.807, 2.05) is 66.6 Å². The average Bonchev–Trinajstić information content (AvgIpc) is 3.32. The van der Waals surface area contributed by atoms with Crippen molar-refractivity contribution < 1.29 is 9.59 Å². The number of piperidine rings is 1. The zero-order chi connectivity index (χ0) is 22.5. The smallest absolute Gasteiger partial charge is 0.317 e. The summed E-state index contributed by atoms with van der Waals surface area (Å²) in [6.07, 6.45) is 1.73. The molecule has 1 aliphatic rings. The highest BCUT2D eigenvalue weighted by Gasteiger charge is 2.26. The van der Waals surface area contributed by atoms with Gasteiger partial charge in [-0.1, -0.05) is 42.0 Å². The molecule has 0 saturated carbocycles. The molecular weight excluding hydrogens is 420 g/mol. The number of carbonyl (C=O) groups excluding carboxylic acids is 2. The summed E-state index contributed by atoms with van der Waals surface area (Å²) < 4.78 is 0.